The highest BCUT2D eigenvalue weighted by Gasteiger charge is 2.35. The highest BCUT2D eigenvalue weighted by molar-refractivity contribution is 14.1. The normalized spacial score (nSPS) is 11.4. The zero-order chi connectivity index (χ0) is 13.2. The minimum Gasteiger partial charge on any atom is -0.400 e. The molecule has 1 aromatic heterocycles. The Labute approximate surface area is 111 Å². The van der Waals surface area contributed by atoms with Gasteiger partial charge in [0.25, 0.3) is 0 Å². The van der Waals surface area contributed by atoms with E-state index in [1.165, 1.54) is 22.6 Å². The first-order valence-corrected chi connectivity index (χ1v) is 5.51. The number of aromatic nitrogens is 1. The van der Waals surface area contributed by atoms with E-state index in [4.69, 9.17) is 11.6 Å². The van der Waals surface area contributed by atoms with E-state index in [0.29, 0.717) is 0 Å². The molecule has 10 heteroatoms. The third-order valence-electron chi connectivity index (χ3n) is 1.52. The molecular formula is C7H3ClF3IN2O3. The first-order chi connectivity index (χ1) is 7.74. The molecule has 0 aliphatic carbocycles. The van der Waals surface area contributed by atoms with Crippen molar-refractivity contribution in [2.75, 3.05) is 0 Å². The van der Waals surface area contributed by atoms with Gasteiger partial charge in [-0.3, -0.25) is 0 Å². The number of pyridine rings is 1. The van der Waals surface area contributed by atoms with Crippen LogP contribution >= 0.6 is 34.2 Å². The molecule has 0 amide bonds. The maximum atomic E-state index is 12.1. The summed E-state index contributed by atoms with van der Waals surface area (Å²) in [7, 11) is 0. The molecule has 0 saturated carbocycles. The average Bonchev–Trinajstić information content (AvgIpc) is 2.18. The predicted octanol–water partition coefficient (Wildman–Crippen LogP) is 3.23. The van der Waals surface area contributed by atoms with Gasteiger partial charge < -0.3 is 14.9 Å². The molecule has 0 saturated heterocycles. The Morgan fingerprint density at radius 3 is 2.59 bits per heavy atom. The van der Waals surface area contributed by atoms with E-state index in [0.717, 1.165) is 6.07 Å². The number of alkyl halides is 4. The van der Waals surface area contributed by atoms with Gasteiger partial charge in [-0.05, 0) is 32.5 Å². The number of hydrogen-bond acceptors (Lipinski definition) is 4. The van der Waals surface area contributed by atoms with Crippen molar-refractivity contribution >= 4 is 40.0 Å². The third-order valence-corrected chi connectivity index (χ3v) is 2.57. The van der Waals surface area contributed by atoms with Crippen molar-refractivity contribution in [2.45, 2.75) is 12.2 Å². The maximum Gasteiger partial charge on any atom is 0.573 e. The molecule has 17 heavy (non-hydrogen) atoms. The number of hydrogen-bond donors (Lipinski definition) is 0. The van der Waals surface area contributed by atoms with Crippen molar-refractivity contribution in [3.63, 3.8) is 0 Å². The quantitative estimate of drug-likeness (QED) is 0.348. The number of rotatable bonds is 3. The molecule has 1 rings (SSSR count). The second kappa shape index (κ2) is 5.21. The van der Waals surface area contributed by atoms with Crippen molar-refractivity contribution < 1.29 is 22.8 Å². The summed E-state index contributed by atoms with van der Waals surface area (Å²) in [6, 6.07) is 0.873. The van der Waals surface area contributed by atoms with Gasteiger partial charge in [0.15, 0.2) is 5.75 Å². The molecule has 0 aliphatic heterocycles. The van der Waals surface area contributed by atoms with E-state index in [9.17, 15) is 23.3 Å². The third kappa shape index (κ3) is 3.84. The molecule has 0 fully saturated rings. The van der Waals surface area contributed by atoms with Gasteiger partial charge in [-0.2, -0.15) is 0 Å². The molecule has 94 valence electrons. The van der Waals surface area contributed by atoms with E-state index >= 15 is 0 Å². The van der Waals surface area contributed by atoms with Crippen LogP contribution in [-0.4, -0.2) is 16.3 Å². The maximum absolute atomic E-state index is 12.1. The Hall–Kier alpha value is -0.840. The van der Waals surface area contributed by atoms with Crippen LogP contribution in [0.1, 0.15) is 5.69 Å². The fourth-order valence-electron chi connectivity index (χ4n) is 0.946. The van der Waals surface area contributed by atoms with E-state index < -0.39 is 28.7 Å². The van der Waals surface area contributed by atoms with Crippen LogP contribution in [0.4, 0.5) is 19.0 Å². The molecule has 0 aromatic carbocycles. The molecule has 0 radical (unpaired) electrons. The van der Waals surface area contributed by atoms with Crippen molar-refractivity contribution in [1.29, 1.82) is 0 Å². The summed E-state index contributed by atoms with van der Waals surface area (Å²) in [6.45, 7) is 0. The summed E-state index contributed by atoms with van der Waals surface area (Å²) < 4.78 is 39.8. The van der Waals surface area contributed by atoms with Gasteiger partial charge in [-0.25, -0.2) is 0 Å². The van der Waals surface area contributed by atoms with Gasteiger partial charge in [0, 0.05) is 0 Å². The molecule has 5 nitrogen and oxygen atoms in total. The van der Waals surface area contributed by atoms with Gasteiger partial charge >= 0.3 is 12.2 Å². The first kappa shape index (κ1) is 14.2. The molecule has 0 aliphatic rings. The summed E-state index contributed by atoms with van der Waals surface area (Å²) in [4.78, 5) is 13.0. The molecular weight excluding hydrogens is 379 g/mol. The smallest absolute Gasteiger partial charge is 0.400 e. The van der Waals surface area contributed by atoms with Crippen LogP contribution in [0.15, 0.2) is 6.07 Å². The van der Waals surface area contributed by atoms with Crippen LogP contribution in [0.5, 0.6) is 5.75 Å². The van der Waals surface area contributed by atoms with E-state index in [1.807, 2.05) is 0 Å². The second-order valence-corrected chi connectivity index (χ2v) is 4.11. The lowest BCUT2D eigenvalue weighted by atomic mass is 10.3. The summed E-state index contributed by atoms with van der Waals surface area (Å²) >= 11 is 6.85. The fraction of sp³-hybridized carbons (Fsp3) is 0.286. The minimum absolute atomic E-state index is 0.0859. The lowest BCUT2D eigenvalue weighted by molar-refractivity contribution is -0.389. The van der Waals surface area contributed by atoms with E-state index in [1.54, 1.807) is 0 Å². The summed E-state index contributed by atoms with van der Waals surface area (Å²) in [5, 5.41) is 10.5. The van der Waals surface area contributed by atoms with Crippen molar-refractivity contribution in [2.24, 2.45) is 0 Å². The van der Waals surface area contributed by atoms with Crippen LogP contribution in [-0.2, 0) is 5.88 Å². The number of nitro groups is 1. The minimum atomic E-state index is -4.90. The molecule has 0 unspecified atom stereocenters. The predicted molar refractivity (Wildman–Crippen MR) is 59.8 cm³/mol. The van der Waals surface area contributed by atoms with E-state index in [2.05, 4.69) is 9.72 Å². The molecule has 1 aromatic rings. The van der Waals surface area contributed by atoms with Crippen LogP contribution in [0.25, 0.3) is 0 Å². The van der Waals surface area contributed by atoms with Crippen molar-refractivity contribution in [3.8, 4) is 5.75 Å². The Bertz CT molecular complexity index is 455. The van der Waals surface area contributed by atoms with Gasteiger partial charge in [0.2, 0.25) is 5.69 Å². The Morgan fingerprint density at radius 2 is 2.18 bits per heavy atom. The molecule has 0 spiro atoms. The second-order valence-electron chi connectivity index (χ2n) is 2.68. The van der Waals surface area contributed by atoms with Crippen LogP contribution in [0.3, 0.4) is 0 Å². The Kier molecular flexibility index (Phi) is 4.36. The van der Waals surface area contributed by atoms with Gasteiger partial charge in [0.1, 0.15) is 0 Å². The monoisotopic (exact) mass is 382 g/mol. The van der Waals surface area contributed by atoms with E-state index in [-0.39, 0.29) is 9.26 Å². The zero-order valence-electron chi connectivity index (χ0n) is 7.79. The van der Waals surface area contributed by atoms with Crippen LogP contribution in [0, 0.1) is 13.7 Å². The highest BCUT2D eigenvalue weighted by Crippen LogP contribution is 2.33. The largest absolute Gasteiger partial charge is 0.573 e. The van der Waals surface area contributed by atoms with Gasteiger partial charge in [0.05, 0.1) is 15.5 Å². The average molecular weight is 382 g/mol. The zero-order valence-corrected chi connectivity index (χ0v) is 10.7. The standard InChI is InChI=1S/C7H3ClF3IN2O3/c8-2-4-6(17-7(9,10)11)3(12)1-5(13-4)14(15)16/h1H,2H2. The number of halogens is 5. The lowest BCUT2D eigenvalue weighted by Gasteiger charge is -2.10. The molecule has 1 heterocycles. The lowest BCUT2D eigenvalue weighted by Crippen LogP contribution is -2.19. The highest BCUT2D eigenvalue weighted by atomic mass is 127. The van der Waals surface area contributed by atoms with Crippen molar-refractivity contribution in [3.05, 3.63) is 25.4 Å². The van der Waals surface area contributed by atoms with Gasteiger partial charge in [-0.1, -0.05) is 0 Å². The molecule has 0 N–H and O–H groups in total. The first-order valence-electron chi connectivity index (χ1n) is 3.90. The fourth-order valence-corrected chi connectivity index (χ4v) is 1.83. The van der Waals surface area contributed by atoms with Crippen molar-refractivity contribution in [1.82, 2.24) is 4.98 Å². The summed E-state index contributed by atoms with van der Waals surface area (Å²) in [5.41, 5.74) is -0.331. The Morgan fingerprint density at radius 1 is 1.59 bits per heavy atom. The number of ether oxygens (including phenoxy) is 1. The topological polar surface area (TPSA) is 65.3 Å². The Balaban J connectivity index is 3.26. The summed E-state index contributed by atoms with van der Waals surface area (Å²) in [6.07, 6.45) is -4.90. The molecule has 0 atom stereocenters. The summed E-state index contributed by atoms with van der Waals surface area (Å²) in [5.74, 6) is -1.62. The number of nitrogens with zero attached hydrogens (tertiary/aromatic N) is 2. The van der Waals surface area contributed by atoms with Crippen LogP contribution < -0.4 is 4.74 Å². The SMILES string of the molecule is O=[N+]([O-])c1cc(I)c(OC(F)(F)F)c(CCl)n1. The van der Waals surface area contributed by atoms with Crippen LogP contribution in [0.2, 0.25) is 0 Å². The molecule has 0 bridgehead atoms. The van der Waals surface area contributed by atoms with Gasteiger partial charge in [-0.15, -0.1) is 24.8 Å².